The lowest BCUT2D eigenvalue weighted by Gasteiger charge is -2.20. The predicted octanol–water partition coefficient (Wildman–Crippen LogP) is 1.61. The molecule has 0 heterocycles. The number of likely N-dealkylation sites (N-methyl/N-ethyl adjacent to an activating group) is 1. The van der Waals surface area contributed by atoms with Crippen molar-refractivity contribution in [1.29, 1.82) is 0 Å². The summed E-state index contributed by atoms with van der Waals surface area (Å²) in [5, 5.41) is 8.92. The predicted molar refractivity (Wildman–Crippen MR) is 58.5 cm³/mol. The van der Waals surface area contributed by atoms with Crippen LogP contribution in [-0.2, 0) is 4.74 Å². The summed E-state index contributed by atoms with van der Waals surface area (Å²) in [5.41, 5.74) is 0.0469. The highest BCUT2D eigenvalue weighted by Crippen LogP contribution is 2.22. The molecule has 0 amide bonds. The average Bonchev–Trinajstić information content (AvgIpc) is 2.24. The van der Waals surface area contributed by atoms with Crippen LogP contribution in [0.5, 0.6) is 0 Å². The molecule has 0 spiro atoms. The zero-order chi connectivity index (χ0) is 12.1. The van der Waals surface area contributed by atoms with Gasteiger partial charge in [0.1, 0.15) is 11.4 Å². The number of methoxy groups -OCH3 is 1. The Morgan fingerprint density at radius 3 is 2.81 bits per heavy atom. The average molecular weight is 227 g/mol. The Morgan fingerprint density at radius 2 is 2.25 bits per heavy atom. The van der Waals surface area contributed by atoms with E-state index in [-0.39, 0.29) is 5.56 Å². The normalized spacial score (nSPS) is 10.2. The number of hydrogen-bond donors (Lipinski definition) is 1. The Morgan fingerprint density at radius 1 is 1.56 bits per heavy atom. The number of aromatic carboxylic acids is 1. The van der Waals surface area contributed by atoms with E-state index >= 15 is 0 Å². The Balaban J connectivity index is 3.02. The van der Waals surface area contributed by atoms with Crippen LogP contribution in [0, 0.1) is 5.82 Å². The Bertz CT molecular complexity index is 381. The molecule has 0 aliphatic heterocycles. The lowest BCUT2D eigenvalue weighted by atomic mass is 10.1. The lowest BCUT2D eigenvalue weighted by Crippen LogP contribution is -2.24. The van der Waals surface area contributed by atoms with Gasteiger partial charge in [-0.25, -0.2) is 9.18 Å². The van der Waals surface area contributed by atoms with Crippen molar-refractivity contribution in [1.82, 2.24) is 0 Å². The number of benzene rings is 1. The molecule has 5 heteroatoms. The number of anilines is 1. The van der Waals surface area contributed by atoms with E-state index in [4.69, 9.17) is 9.84 Å². The monoisotopic (exact) mass is 227 g/mol. The van der Waals surface area contributed by atoms with Crippen molar-refractivity contribution in [3.63, 3.8) is 0 Å². The minimum absolute atomic E-state index is 0.305. The smallest absolute Gasteiger partial charge is 0.340 e. The molecule has 1 N–H and O–H groups in total. The van der Waals surface area contributed by atoms with Crippen LogP contribution < -0.4 is 4.90 Å². The third kappa shape index (κ3) is 2.70. The molecule has 0 atom stereocenters. The van der Waals surface area contributed by atoms with Gasteiger partial charge in [0.15, 0.2) is 0 Å². The van der Waals surface area contributed by atoms with Gasteiger partial charge in [-0.2, -0.15) is 0 Å². The van der Waals surface area contributed by atoms with E-state index in [0.717, 1.165) is 6.07 Å². The van der Waals surface area contributed by atoms with Crippen LogP contribution in [0.4, 0.5) is 10.1 Å². The fraction of sp³-hybridized carbons (Fsp3) is 0.364. The maximum atomic E-state index is 13.3. The fourth-order valence-corrected chi connectivity index (χ4v) is 1.39. The highest BCUT2D eigenvalue weighted by molar-refractivity contribution is 5.94. The van der Waals surface area contributed by atoms with Crippen molar-refractivity contribution >= 4 is 11.7 Å². The fourth-order valence-electron chi connectivity index (χ4n) is 1.39. The topological polar surface area (TPSA) is 49.8 Å². The molecule has 0 aromatic heterocycles. The number of ether oxygens (including phenoxy) is 1. The summed E-state index contributed by atoms with van der Waals surface area (Å²) < 4.78 is 18.2. The molecule has 88 valence electrons. The van der Waals surface area contributed by atoms with Crippen molar-refractivity contribution in [2.24, 2.45) is 0 Å². The summed E-state index contributed by atoms with van der Waals surface area (Å²) in [6.45, 7) is 0.951. The van der Waals surface area contributed by atoms with Gasteiger partial charge in [0.2, 0.25) is 0 Å². The number of nitrogens with zero attached hydrogens (tertiary/aromatic N) is 1. The van der Waals surface area contributed by atoms with Gasteiger partial charge < -0.3 is 14.7 Å². The van der Waals surface area contributed by atoms with Gasteiger partial charge >= 0.3 is 5.97 Å². The van der Waals surface area contributed by atoms with E-state index in [0.29, 0.717) is 18.8 Å². The van der Waals surface area contributed by atoms with Crippen molar-refractivity contribution < 1.29 is 19.0 Å². The van der Waals surface area contributed by atoms with E-state index in [1.54, 1.807) is 25.1 Å². The number of carbonyl (C=O) groups is 1. The van der Waals surface area contributed by atoms with Gasteiger partial charge in [0.25, 0.3) is 0 Å². The van der Waals surface area contributed by atoms with E-state index in [1.807, 2.05) is 0 Å². The summed E-state index contributed by atoms with van der Waals surface area (Å²) in [6, 6.07) is 4.19. The Labute approximate surface area is 93.3 Å². The number of carboxylic acid groups (broad SMARTS) is 1. The van der Waals surface area contributed by atoms with Crippen LogP contribution >= 0.6 is 0 Å². The molecule has 0 aliphatic carbocycles. The molecule has 0 unspecified atom stereocenters. The minimum Gasteiger partial charge on any atom is -0.478 e. The number of rotatable bonds is 5. The minimum atomic E-state index is -1.27. The van der Waals surface area contributed by atoms with Crippen molar-refractivity contribution in [2.45, 2.75) is 0 Å². The first-order valence-corrected chi connectivity index (χ1v) is 4.79. The van der Waals surface area contributed by atoms with Gasteiger partial charge in [-0.3, -0.25) is 0 Å². The lowest BCUT2D eigenvalue weighted by molar-refractivity contribution is 0.0692. The van der Waals surface area contributed by atoms with Crippen molar-refractivity contribution in [3.8, 4) is 0 Å². The van der Waals surface area contributed by atoms with Gasteiger partial charge in [-0.1, -0.05) is 6.07 Å². The number of halogens is 1. The molecule has 0 bridgehead atoms. The van der Waals surface area contributed by atoms with Crippen LogP contribution in [0.2, 0.25) is 0 Å². The van der Waals surface area contributed by atoms with Gasteiger partial charge in [-0.05, 0) is 12.1 Å². The Hall–Kier alpha value is -1.62. The summed E-state index contributed by atoms with van der Waals surface area (Å²) in [7, 11) is 3.25. The molecule has 0 saturated heterocycles. The molecule has 1 rings (SSSR count). The van der Waals surface area contributed by atoms with E-state index < -0.39 is 11.8 Å². The number of hydrogen-bond acceptors (Lipinski definition) is 3. The first-order chi connectivity index (χ1) is 7.57. The molecule has 0 fully saturated rings. The van der Waals surface area contributed by atoms with Gasteiger partial charge in [-0.15, -0.1) is 0 Å². The van der Waals surface area contributed by atoms with E-state index in [2.05, 4.69) is 0 Å². The second kappa shape index (κ2) is 5.46. The molecule has 0 radical (unpaired) electrons. The molecule has 16 heavy (non-hydrogen) atoms. The highest BCUT2D eigenvalue weighted by atomic mass is 19.1. The second-order valence-electron chi connectivity index (χ2n) is 3.35. The van der Waals surface area contributed by atoms with Gasteiger partial charge in [0.05, 0.1) is 12.3 Å². The molecular weight excluding hydrogens is 213 g/mol. The van der Waals surface area contributed by atoms with Crippen molar-refractivity contribution in [3.05, 3.63) is 29.6 Å². The van der Waals surface area contributed by atoms with Gasteiger partial charge in [0, 0.05) is 20.7 Å². The highest BCUT2D eigenvalue weighted by Gasteiger charge is 2.17. The standard InChI is InChI=1S/C11H14FNO3/c1-13(6-7-16-2)9-5-3-4-8(12)10(9)11(14)15/h3-5H,6-7H2,1-2H3,(H,14,15). The number of carboxylic acids is 1. The zero-order valence-electron chi connectivity index (χ0n) is 9.24. The summed E-state index contributed by atoms with van der Waals surface area (Å²) in [5.74, 6) is -1.99. The maximum Gasteiger partial charge on any atom is 0.340 e. The molecule has 0 saturated carbocycles. The third-order valence-corrected chi connectivity index (χ3v) is 2.25. The van der Waals surface area contributed by atoms with Crippen LogP contribution in [0.1, 0.15) is 10.4 Å². The Kier molecular flexibility index (Phi) is 4.25. The quantitative estimate of drug-likeness (QED) is 0.830. The maximum absolute atomic E-state index is 13.3. The second-order valence-corrected chi connectivity index (χ2v) is 3.35. The van der Waals surface area contributed by atoms with Crippen LogP contribution in [0.3, 0.4) is 0 Å². The largest absolute Gasteiger partial charge is 0.478 e. The molecule has 4 nitrogen and oxygen atoms in total. The molecule has 0 aliphatic rings. The van der Waals surface area contributed by atoms with E-state index in [1.165, 1.54) is 6.07 Å². The SMILES string of the molecule is COCCN(C)c1cccc(F)c1C(=O)O. The van der Waals surface area contributed by atoms with Crippen LogP contribution in [0.15, 0.2) is 18.2 Å². The first-order valence-electron chi connectivity index (χ1n) is 4.79. The zero-order valence-corrected chi connectivity index (χ0v) is 9.24. The van der Waals surface area contributed by atoms with Crippen molar-refractivity contribution in [2.75, 3.05) is 32.2 Å². The van der Waals surface area contributed by atoms with Crippen LogP contribution in [0.25, 0.3) is 0 Å². The summed E-state index contributed by atoms with van der Waals surface area (Å²) >= 11 is 0. The molecular formula is C11H14FNO3. The molecule has 1 aromatic rings. The van der Waals surface area contributed by atoms with E-state index in [9.17, 15) is 9.18 Å². The van der Waals surface area contributed by atoms with Crippen LogP contribution in [-0.4, -0.2) is 38.4 Å². The third-order valence-electron chi connectivity index (χ3n) is 2.25. The first kappa shape index (κ1) is 12.4. The summed E-state index contributed by atoms with van der Waals surface area (Å²) in [6.07, 6.45) is 0. The summed E-state index contributed by atoms with van der Waals surface area (Å²) in [4.78, 5) is 12.6. The molecule has 1 aromatic carbocycles.